The predicted octanol–water partition coefficient (Wildman–Crippen LogP) is -0.540. The third kappa shape index (κ3) is 2.87. The van der Waals surface area contributed by atoms with Crippen LogP contribution in [0.3, 0.4) is 0 Å². The predicted molar refractivity (Wildman–Crippen MR) is 78.2 cm³/mol. The Morgan fingerprint density at radius 2 is 2.39 bits per heavy atom. The van der Waals surface area contributed by atoms with Crippen LogP contribution in [0.4, 0.5) is 0 Å². The van der Waals surface area contributed by atoms with Crippen molar-refractivity contribution < 1.29 is 24.5 Å². The van der Waals surface area contributed by atoms with Gasteiger partial charge in [-0.15, -0.1) is 0 Å². The number of aliphatic carboxylic acids is 1. The van der Waals surface area contributed by atoms with Crippen LogP contribution in [0.2, 0.25) is 0 Å². The maximum atomic E-state index is 12.1. The molecule has 1 aliphatic carbocycles. The average molecular weight is 321 g/mol. The van der Waals surface area contributed by atoms with Crippen molar-refractivity contribution in [3.63, 3.8) is 0 Å². The smallest absolute Gasteiger partial charge is 0.320 e. The van der Waals surface area contributed by atoms with Crippen LogP contribution >= 0.6 is 0 Å². The number of esters is 1. The van der Waals surface area contributed by atoms with E-state index in [1.807, 2.05) is 6.08 Å². The number of rotatable bonds is 5. The Labute approximate surface area is 132 Å². The molecule has 1 unspecified atom stereocenters. The lowest BCUT2D eigenvalue weighted by Gasteiger charge is -2.30. The first-order chi connectivity index (χ1) is 10.9. The van der Waals surface area contributed by atoms with Gasteiger partial charge in [-0.3, -0.25) is 9.59 Å². The number of carboxylic acids is 1. The zero-order valence-corrected chi connectivity index (χ0v) is 12.5. The van der Waals surface area contributed by atoms with Gasteiger partial charge >= 0.3 is 11.9 Å². The number of hydrogen-bond donors (Lipinski definition) is 3. The summed E-state index contributed by atoms with van der Waals surface area (Å²) in [6.45, 7) is 0.214. The van der Waals surface area contributed by atoms with Crippen molar-refractivity contribution in [1.82, 2.24) is 9.55 Å². The Balaban J connectivity index is 1.73. The molecule has 124 valence electrons. The molecule has 4 N–H and O–H groups in total. The second-order valence-electron chi connectivity index (χ2n) is 6.06. The fourth-order valence-electron chi connectivity index (χ4n) is 3.12. The first kappa shape index (κ1) is 15.7. The summed E-state index contributed by atoms with van der Waals surface area (Å²) in [7, 11) is 0. The molecule has 0 saturated carbocycles. The SMILES string of the molecule is N[C@H](Cc1cn(CC2C(=O)O[C@H]3CCC=C[C@@]23O)cn1)C(=O)O. The Kier molecular flexibility index (Phi) is 3.95. The molecule has 1 aromatic rings. The number of nitrogens with zero attached hydrogens (tertiary/aromatic N) is 2. The van der Waals surface area contributed by atoms with Crippen molar-refractivity contribution >= 4 is 11.9 Å². The standard InChI is InChI=1S/C15H19N3O5/c16-11(13(19)20)5-9-6-18(8-17-9)7-10-14(21)23-12-3-1-2-4-15(10,12)22/h2,4,6,8,10-12,22H,1,3,5,7,16H2,(H,19,20)/t10?,11-,12+,15-/m1/s1. The molecular weight excluding hydrogens is 302 g/mol. The van der Waals surface area contributed by atoms with Crippen molar-refractivity contribution in [1.29, 1.82) is 0 Å². The summed E-state index contributed by atoms with van der Waals surface area (Å²) in [5, 5.41) is 19.6. The lowest BCUT2D eigenvalue weighted by Crippen LogP contribution is -2.45. The number of carboxylic acid groups (broad SMARTS) is 1. The quantitative estimate of drug-likeness (QED) is 0.491. The van der Waals surface area contributed by atoms with Crippen molar-refractivity contribution in [3.05, 3.63) is 30.4 Å². The van der Waals surface area contributed by atoms with Gasteiger partial charge in [0.25, 0.3) is 0 Å². The summed E-state index contributed by atoms with van der Waals surface area (Å²) in [6.07, 6.45) is 7.62. The Hall–Kier alpha value is -2.19. The molecule has 2 aliphatic rings. The molecule has 1 aliphatic heterocycles. The molecule has 0 amide bonds. The summed E-state index contributed by atoms with van der Waals surface area (Å²) in [5.74, 6) is -2.23. The Morgan fingerprint density at radius 3 is 3.13 bits per heavy atom. The molecule has 0 radical (unpaired) electrons. The third-order valence-corrected chi connectivity index (χ3v) is 4.42. The highest BCUT2D eigenvalue weighted by Crippen LogP contribution is 2.39. The van der Waals surface area contributed by atoms with Crippen LogP contribution in [0.1, 0.15) is 18.5 Å². The zero-order valence-electron chi connectivity index (χ0n) is 12.5. The van der Waals surface area contributed by atoms with Gasteiger partial charge in [0.1, 0.15) is 23.7 Å². The van der Waals surface area contributed by atoms with E-state index in [-0.39, 0.29) is 13.0 Å². The molecule has 0 spiro atoms. The van der Waals surface area contributed by atoms with Gasteiger partial charge in [-0.1, -0.05) is 12.2 Å². The fraction of sp³-hybridized carbons (Fsp3) is 0.533. The molecule has 1 aromatic heterocycles. The number of aromatic nitrogens is 2. The van der Waals surface area contributed by atoms with Gasteiger partial charge in [0, 0.05) is 19.2 Å². The summed E-state index contributed by atoms with van der Waals surface area (Å²) in [5.41, 5.74) is 4.71. The fourth-order valence-corrected chi connectivity index (χ4v) is 3.12. The number of hydrogen-bond acceptors (Lipinski definition) is 6. The summed E-state index contributed by atoms with van der Waals surface area (Å²) in [4.78, 5) is 26.9. The van der Waals surface area contributed by atoms with Crippen LogP contribution in [0.5, 0.6) is 0 Å². The van der Waals surface area contributed by atoms with E-state index in [2.05, 4.69) is 4.98 Å². The number of carbonyl (C=O) groups excluding carboxylic acids is 1. The Morgan fingerprint density at radius 1 is 1.61 bits per heavy atom. The molecule has 1 fully saturated rings. The number of imidazole rings is 1. The van der Waals surface area contributed by atoms with E-state index >= 15 is 0 Å². The van der Waals surface area contributed by atoms with Crippen LogP contribution in [0.15, 0.2) is 24.7 Å². The van der Waals surface area contributed by atoms with Crippen molar-refractivity contribution in [3.8, 4) is 0 Å². The number of allylic oxidation sites excluding steroid dienone is 1. The molecule has 4 atom stereocenters. The van der Waals surface area contributed by atoms with Gasteiger partial charge in [0.15, 0.2) is 0 Å². The minimum absolute atomic E-state index is 0.101. The minimum atomic E-state index is -1.29. The first-order valence-electron chi connectivity index (χ1n) is 7.49. The number of fused-ring (bicyclic) bond motifs is 1. The normalized spacial score (nSPS) is 30.8. The van der Waals surface area contributed by atoms with Gasteiger partial charge < -0.3 is 25.3 Å². The van der Waals surface area contributed by atoms with E-state index in [4.69, 9.17) is 15.6 Å². The van der Waals surface area contributed by atoms with Crippen LogP contribution in [-0.2, 0) is 27.3 Å². The van der Waals surface area contributed by atoms with Gasteiger partial charge in [0.2, 0.25) is 0 Å². The number of carbonyl (C=O) groups is 2. The van der Waals surface area contributed by atoms with Crippen molar-refractivity contribution in [2.24, 2.45) is 11.7 Å². The third-order valence-electron chi connectivity index (χ3n) is 4.42. The molecule has 0 bridgehead atoms. The molecule has 2 heterocycles. The minimum Gasteiger partial charge on any atom is -0.480 e. The van der Waals surface area contributed by atoms with Crippen molar-refractivity contribution in [2.75, 3.05) is 0 Å². The number of ether oxygens (including phenoxy) is 1. The van der Waals surface area contributed by atoms with Gasteiger partial charge in [-0.25, -0.2) is 4.98 Å². The largest absolute Gasteiger partial charge is 0.480 e. The lowest BCUT2D eigenvalue weighted by molar-refractivity contribution is -0.145. The zero-order chi connectivity index (χ0) is 16.6. The highest BCUT2D eigenvalue weighted by Gasteiger charge is 2.55. The summed E-state index contributed by atoms with van der Waals surface area (Å²) < 4.78 is 6.94. The molecule has 1 saturated heterocycles. The van der Waals surface area contributed by atoms with Crippen LogP contribution < -0.4 is 5.73 Å². The highest BCUT2D eigenvalue weighted by atomic mass is 16.6. The second kappa shape index (κ2) is 5.78. The highest BCUT2D eigenvalue weighted by molar-refractivity contribution is 5.77. The van der Waals surface area contributed by atoms with E-state index in [9.17, 15) is 14.7 Å². The molecular formula is C15H19N3O5. The molecule has 8 nitrogen and oxygen atoms in total. The Bertz CT molecular complexity index is 655. The topological polar surface area (TPSA) is 128 Å². The number of aliphatic hydroxyl groups is 1. The van der Waals surface area contributed by atoms with Crippen LogP contribution in [0.25, 0.3) is 0 Å². The lowest BCUT2D eigenvalue weighted by atomic mass is 9.80. The average Bonchev–Trinajstić information content (AvgIpc) is 3.03. The van der Waals surface area contributed by atoms with Gasteiger partial charge in [-0.05, 0) is 12.8 Å². The molecule has 8 heteroatoms. The molecule has 3 rings (SSSR count). The van der Waals surface area contributed by atoms with E-state index in [1.165, 1.54) is 6.33 Å². The van der Waals surface area contributed by atoms with Crippen LogP contribution in [-0.4, -0.2) is 49.4 Å². The van der Waals surface area contributed by atoms with Gasteiger partial charge in [-0.2, -0.15) is 0 Å². The van der Waals surface area contributed by atoms with Gasteiger partial charge in [0.05, 0.1) is 12.0 Å². The molecule has 0 aromatic carbocycles. The summed E-state index contributed by atoms with van der Waals surface area (Å²) >= 11 is 0. The monoisotopic (exact) mass is 321 g/mol. The summed E-state index contributed by atoms with van der Waals surface area (Å²) in [6, 6.07) is -1.02. The van der Waals surface area contributed by atoms with E-state index in [0.29, 0.717) is 12.1 Å². The maximum absolute atomic E-state index is 12.1. The van der Waals surface area contributed by atoms with E-state index in [0.717, 1.165) is 6.42 Å². The molecule has 23 heavy (non-hydrogen) atoms. The van der Waals surface area contributed by atoms with Crippen molar-refractivity contribution in [2.45, 2.75) is 43.6 Å². The maximum Gasteiger partial charge on any atom is 0.320 e. The second-order valence-corrected chi connectivity index (χ2v) is 6.06. The van der Waals surface area contributed by atoms with Crippen LogP contribution in [0, 0.1) is 5.92 Å². The van der Waals surface area contributed by atoms with E-state index in [1.54, 1.807) is 16.8 Å². The first-order valence-corrected chi connectivity index (χ1v) is 7.49. The number of nitrogens with two attached hydrogens (primary N) is 1. The van der Waals surface area contributed by atoms with E-state index < -0.39 is 35.6 Å².